The van der Waals surface area contributed by atoms with Gasteiger partial charge in [0.2, 0.25) is 5.16 Å². The van der Waals surface area contributed by atoms with Gasteiger partial charge in [0.05, 0.1) is 0 Å². The minimum Gasteiger partial charge on any atom is -0.335 e. The molecule has 2 aromatic carbocycles. The average Bonchev–Trinajstić information content (AvgIpc) is 2.94. The van der Waals surface area contributed by atoms with Gasteiger partial charge in [-0.2, -0.15) is 0 Å². The largest absolute Gasteiger partial charge is 0.335 e. The number of aryl methyl sites for hydroxylation is 1. The number of nitrogens with two attached hydrogens (primary N) is 1. The molecule has 3 aromatic rings. The Hall–Kier alpha value is -2.27. The molecule has 0 aliphatic carbocycles. The Morgan fingerprint density at radius 3 is 2.20 bits per heavy atom. The average molecular weight is 353 g/mol. The molecule has 25 heavy (non-hydrogen) atoms. The lowest BCUT2D eigenvalue weighted by Gasteiger charge is -2.19. The van der Waals surface area contributed by atoms with Gasteiger partial charge in [-0.15, -0.1) is 10.2 Å². The molecule has 0 spiro atoms. The SMILES string of the molecule is Cc1ccc(-c2nnc(SCc3ccc(C(C)(C)C)cc3)n2N)cc1. The fourth-order valence-corrected chi connectivity index (χ4v) is 3.34. The number of hydrogen-bond acceptors (Lipinski definition) is 4. The van der Waals surface area contributed by atoms with Crippen LogP contribution in [0.15, 0.2) is 53.7 Å². The molecule has 0 fully saturated rings. The molecule has 0 atom stereocenters. The van der Waals surface area contributed by atoms with E-state index in [-0.39, 0.29) is 5.41 Å². The lowest BCUT2D eigenvalue weighted by Crippen LogP contribution is -2.11. The van der Waals surface area contributed by atoms with Crippen LogP contribution in [0.4, 0.5) is 0 Å². The second kappa shape index (κ2) is 6.92. The number of nitrogen functional groups attached to an aromatic ring is 1. The van der Waals surface area contributed by atoms with Crippen LogP contribution in [0.5, 0.6) is 0 Å². The van der Waals surface area contributed by atoms with E-state index in [0.29, 0.717) is 5.82 Å². The van der Waals surface area contributed by atoms with Gasteiger partial charge in [0.1, 0.15) is 0 Å². The van der Waals surface area contributed by atoms with Crippen LogP contribution >= 0.6 is 11.8 Å². The molecular formula is C20H24N4S. The number of benzene rings is 2. The smallest absolute Gasteiger partial charge is 0.210 e. The van der Waals surface area contributed by atoms with Crippen LogP contribution in [0.1, 0.15) is 37.5 Å². The first kappa shape index (κ1) is 17.5. The van der Waals surface area contributed by atoms with Crippen LogP contribution < -0.4 is 5.84 Å². The van der Waals surface area contributed by atoms with Crippen LogP contribution in [0.25, 0.3) is 11.4 Å². The van der Waals surface area contributed by atoms with E-state index in [1.54, 1.807) is 16.4 Å². The molecule has 1 heterocycles. The van der Waals surface area contributed by atoms with Crippen molar-refractivity contribution in [3.63, 3.8) is 0 Å². The second-order valence-electron chi connectivity index (χ2n) is 7.28. The summed E-state index contributed by atoms with van der Waals surface area (Å²) >= 11 is 1.60. The maximum Gasteiger partial charge on any atom is 0.210 e. The van der Waals surface area contributed by atoms with E-state index in [9.17, 15) is 0 Å². The molecule has 0 bridgehead atoms. The molecule has 1 aromatic heterocycles. The quantitative estimate of drug-likeness (QED) is 0.552. The number of rotatable bonds is 4. The van der Waals surface area contributed by atoms with Crippen molar-refractivity contribution in [3.8, 4) is 11.4 Å². The number of thioether (sulfide) groups is 1. The molecule has 5 heteroatoms. The van der Waals surface area contributed by atoms with Gasteiger partial charge in [0.15, 0.2) is 5.82 Å². The van der Waals surface area contributed by atoms with E-state index in [1.165, 1.54) is 16.7 Å². The van der Waals surface area contributed by atoms with Crippen molar-refractivity contribution in [1.29, 1.82) is 0 Å². The summed E-state index contributed by atoms with van der Waals surface area (Å²) < 4.78 is 1.57. The van der Waals surface area contributed by atoms with Gasteiger partial charge in [-0.05, 0) is 23.5 Å². The van der Waals surface area contributed by atoms with E-state index in [4.69, 9.17) is 5.84 Å². The summed E-state index contributed by atoms with van der Waals surface area (Å²) in [6.07, 6.45) is 0. The number of nitrogens with zero attached hydrogens (tertiary/aromatic N) is 3. The fraction of sp³-hybridized carbons (Fsp3) is 0.300. The Kier molecular flexibility index (Phi) is 4.86. The van der Waals surface area contributed by atoms with Gasteiger partial charge in [0.25, 0.3) is 0 Å². The normalized spacial score (nSPS) is 11.7. The zero-order valence-corrected chi connectivity index (χ0v) is 16.0. The summed E-state index contributed by atoms with van der Waals surface area (Å²) in [7, 11) is 0. The Balaban J connectivity index is 1.71. The van der Waals surface area contributed by atoms with Gasteiger partial charge in [0, 0.05) is 11.3 Å². The predicted octanol–water partition coefficient (Wildman–Crippen LogP) is 4.56. The van der Waals surface area contributed by atoms with Crippen LogP contribution in [0.3, 0.4) is 0 Å². The zero-order chi connectivity index (χ0) is 18.0. The molecule has 0 saturated carbocycles. The summed E-state index contributed by atoms with van der Waals surface area (Å²) in [5.41, 5.74) is 4.94. The highest BCUT2D eigenvalue weighted by Gasteiger charge is 2.14. The predicted molar refractivity (Wildman–Crippen MR) is 105 cm³/mol. The molecule has 0 saturated heterocycles. The van der Waals surface area contributed by atoms with Crippen LogP contribution in [-0.2, 0) is 11.2 Å². The third-order valence-corrected chi connectivity index (χ3v) is 5.18. The Morgan fingerprint density at radius 2 is 1.60 bits per heavy atom. The van der Waals surface area contributed by atoms with E-state index in [2.05, 4.69) is 62.2 Å². The van der Waals surface area contributed by atoms with Gasteiger partial charge in [-0.3, -0.25) is 0 Å². The molecule has 0 amide bonds. The maximum atomic E-state index is 6.19. The van der Waals surface area contributed by atoms with Gasteiger partial charge in [-0.25, -0.2) is 4.68 Å². The summed E-state index contributed by atoms with van der Waals surface area (Å²) in [6.45, 7) is 8.73. The lowest BCUT2D eigenvalue weighted by molar-refractivity contribution is 0.590. The van der Waals surface area contributed by atoms with Crippen LogP contribution in [-0.4, -0.2) is 14.9 Å². The fourth-order valence-electron chi connectivity index (χ4n) is 2.52. The Bertz CT molecular complexity index is 843. The standard InChI is InChI=1S/C20H24N4S/c1-14-5-9-16(10-6-14)18-22-23-19(24(18)21)25-13-15-7-11-17(12-8-15)20(2,3)4/h5-12H,13,21H2,1-4H3. The molecule has 0 aliphatic rings. The van der Waals surface area contributed by atoms with Gasteiger partial charge < -0.3 is 5.84 Å². The highest BCUT2D eigenvalue weighted by Crippen LogP contribution is 2.26. The van der Waals surface area contributed by atoms with Crippen molar-refractivity contribution in [2.24, 2.45) is 0 Å². The van der Waals surface area contributed by atoms with Crippen molar-refractivity contribution >= 4 is 11.8 Å². The molecule has 3 rings (SSSR count). The van der Waals surface area contributed by atoms with E-state index in [1.807, 2.05) is 24.3 Å². The topological polar surface area (TPSA) is 56.7 Å². The first-order valence-electron chi connectivity index (χ1n) is 8.34. The minimum atomic E-state index is 0.173. The summed E-state index contributed by atoms with van der Waals surface area (Å²) in [6, 6.07) is 16.9. The zero-order valence-electron chi connectivity index (χ0n) is 15.2. The van der Waals surface area contributed by atoms with Gasteiger partial charge in [-0.1, -0.05) is 86.6 Å². The van der Waals surface area contributed by atoms with E-state index < -0.39 is 0 Å². The molecular weight excluding hydrogens is 328 g/mol. The summed E-state index contributed by atoms with van der Waals surface area (Å²) in [4.78, 5) is 0. The molecule has 0 unspecified atom stereocenters. The van der Waals surface area contributed by atoms with Crippen molar-refractivity contribution in [3.05, 3.63) is 65.2 Å². The molecule has 4 nitrogen and oxygen atoms in total. The van der Waals surface area contributed by atoms with E-state index >= 15 is 0 Å². The Morgan fingerprint density at radius 1 is 0.960 bits per heavy atom. The molecule has 2 N–H and O–H groups in total. The van der Waals surface area contributed by atoms with Gasteiger partial charge >= 0.3 is 0 Å². The third kappa shape index (κ3) is 4.04. The minimum absolute atomic E-state index is 0.173. The van der Waals surface area contributed by atoms with Crippen molar-refractivity contribution in [2.45, 2.75) is 44.0 Å². The Labute approximate surface area is 153 Å². The first-order valence-corrected chi connectivity index (χ1v) is 9.33. The molecule has 0 radical (unpaired) electrons. The van der Waals surface area contributed by atoms with E-state index in [0.717, 1.165) is 16.5 Å². The number of hydrogen-bond donors (Lipinski definition) is 1. The summed E-state index contributed by atoms with van der Waals surface area (Å²) in [5, 5.41) is 9.20. The van der Waals surface area contributed by atoms with Crippen molar-refractivity contribution in [2.75, 3.05) is 5.84 Å². The van der Waals surface area contributed by atoms with Crippen LogP contribution in [0.2, 0.25) is 0 Å². The van der Waals surface area contributed by atoms with Crippen molar-refractivity contribution in [1.82, 2.24) is 14.9 Å². The highest BCUT2D eigenvalue weighted by atomic mass is 32.2. The molecule has 0 aliphatic heterocycles. The summed E-state index contributed by atoms with van der Waals surface area (Å²) in [5.74, 6) is 7.69. The number of aromatic nitrogens is 3. The maximum absolute atomic E-state index is 6.19. The first-order chi connectivity index (χ1) is 11.8. The molecule has 130 valence electrons. The monoisotopic (exact) mass is 352 g/mol. The van der Waals surface area contributed by atoms with Crippen LogP contribution in [0, 0.1) is 6.92 Å². The third-order valence-electron chi connectivity index (χ3n) is 4.16. The highest BCUT2D eigenvalue weighted by molar-refractivity contribution is 7.98. The van der Waals surface area contributed by atoms with Crippen molar-refractivity contribution < 1.29 is 0 Å². The second-order valence-corrected chi connectivity index (χ2v) is 8.22. The lowest BCUT2D eigenvalue weighted by atomic mass is 9.87.